The van der Waals surface area contributed by atoms with Crippen LogP contribution in [0.4, 0.5) is 4.39 Å². The molecule has 1 saturated heterocycles. The van der Waals surface area contributed by atoms with Crippen molar-refractivity contribution in [2.75, 3.05) is 19.7 Å². The van der Waals surface area contributed by atoms with Gasteiger partial charge in [0.15, 0.2) is 0 Å². The first kappa shape index (κ1) is 12.8. The maximum Gasteiger partial charge on any atom is 0.127 e. The van der Waals surface area contributed by atoms with Crippen LogP contribution >= 0.6 is 11.6 Å². The fourth-order valence-corrected chi connectivity index (χ4v) is 2.43. The van der Waals surface area contributed by atoms with Crippen molar-refractivity contribution in [3.05, 3.63) is 34.6 Å². The highest BCUT2D eigenvalue weighted by molar-refractivity contribution is 6.30. The Labute approximate surface area is 106 Å². The van der Waals surface area contributed by atoms with Crippen molar-refractivity contribution in [1.29, 1.82) is 0 Å². The summed E-state index contributed by atoms with van der Waals surface area (Å²) < 4.78 is 13.5. The number of halogens is 2. The van der Waals surface area contributed by atoms with E-state index in [9.17, 15) is 4.39 Å². The van der Waals surface area contributed by atoms with Crippen LogP contribution < -0.4 is 0 Å². The maximum absolute atomic E-state index is 13.5. The van der Waals surface area contributed by atoms with E-state index in [1.54, 1.807) is 12.1 Å². The molecular weight excluding hydrogens is 241 g/mol. The minimum Gasteiger partial charge on any atom is -0.396 e. The molecule has 1 N–H and O–H groups in total. The second-order valence-corrected chi connectivity index (χ2v) is 5.07. The van der Waals surface area contributed by atoms with Crippen LogP contribution in [-0.2, 0) is 6.54 Å². The molecule has 1 aromatic rings. The van der Waals surface area contributed by atoms with E-state index in [0.717, 1.165) is 25.9 Å². The Hall–Kier alpha value is -0.640. The largest absolute Gasteiger partial charge is 0.396 e. The first-order chi connectivity index (χ1) is 8.19. The first-order valence-electron chi connectivity index (χ1n) is 5.96. The van der Waals surface area contributed by atoms with Crippen LogP contribution in [-0.4, -0.2) is 29.7 Å². The molecule has 0 radical (unpaired) electrons. The molecule has 4 heteroatoms. The van der Waals surface area contributed by atoms with Crippen LogP contribution in [0.15, 0.2) is 18.2 Å². The van der Waals surface area contributed by atoms with Gasteiger partial charge in [0.1, 0.15) is 5.82 Å². The van der Waals surface area contributed by atoms with Gasteiger partial charge in [0.2, 0.25) is 0 Å². The molecule has 1 aromatic carbocycles. The van der Waals surface area contributed by atoms with Crippen LogP contribution in [0.1, 0.15) is 18.4 Å². The van der Waals surface area contributed by atoms with Crippen molar-refractivity contribution in [1.82, 2.24) is 4.90 Å². The summed E-state index contributed by atoms with van der Waals surface area (Å²) in [5.41, 5.74) is 0.653. The second-order valence-electron chi connectivity index (χ2n) is 4.64. The standard InChI is InChI=1S/C13H17ClFNO/c14-12-1-2-13(15)11(7-12)8-16-5-3-10(9-17)4-6-16/h1-2,7,10,17H,3-6,8-9H2. The summed E-state index contributed by atoms with van der Waals surface area (Å²) >= 11 is 5.86. The van der Waals surface area contributed by atoms with Gasteiger partial charge in [-0.25, -0.2) is 4.39 Å². The van der Waals surface area contributed by atoms with Gasteiger partial charge in [0.25, 0.3) is 0 Å². The third kappa shape index (κ3) is 3.41. The van der Waals surface area contributed by atoms with Crippen LogP contribution in [0.2, 0.25) is 5.02 Å². The van der Waals surface area contributed by atoms with Gasteiger partial charge in [-0.2, -0.15) is 0 Å². The van der Waals surface area contributed by atoms with Gasteiger partial charge in [-0.05, 0) is 50.0 Å². The molecule has 0 atom stereocenters. The molecule has 0 spiro atoms. The highest BCUT2D eigenvalue weighted by Gasteiger charge is 2.19. The van der Waals surface area contributed by atoms with Gasteiger partial charge in [0, 0.05) is 23.7 Å². The number of rotatable bonds is 3. The topological polar surface area (TPSA) is 23.5 Å². The third-order valence-corrected chi connectivity index (χ3v) is 3.60. The number of hydrogen-bond acceptors (Lipinski definition) is 2. The van der Waals surface area contributed by atoms with Gasteiger partial charge in [-0.1, -0.05) is 11.6 Å². The number of aliphatic hydroxyl groups excluding tert-OH is 1. The van der Waals surface area contributed by atoms with Crippen molar-refractivity contribution >= 4 is 11.6 Å². The lowest BCUT2D eigenvalue weighted by molar-refractivity contribution is 0.126. The SMILES string of the molecule is OCC1CCN(Cc2cc(Cl)ccc2F)CC1. The summed E-state index contributed by atoms with van der Waals surface area (Å²) in [6.07, 6.45) is 1.97. The molecule has 0 aromatic heterocycles. The number of piperidine rings is 1. The van der Waals surface area contributed by atoms with E-state index < -0.39 is 0 Å². The minimum atomic E-state index is -0.196. The molecule has 1 aliphatic heterocycles. The highest BCUT2D eigenvalue weighted by Crippen LogP contribution is 2.21. The average molecular weight is 258 g/mol. The van der Waals surface area contributed by atoms with Gasteiger partial charge in [-0.15, -0.1) is 0 Å². The normalized spacial score (nSPS) is 18.5. The lowest BCUT2D eigenvalue weighted by atomic mass is 9.97. The van der Waals surface area contributed by atoms with Crippen molar-refractivity contribution in [2.24, 2.45) is 5.92 Å². The molecule has 0 saturated carbocycles. The van der Waals surface area contributed by atoms with Crippen molar-refractivity contribution in [3.63, 3.8) is 0 Å². The fraction of sp³-hybridized carbons (Fsp3) is 0.538. The molecule has 1 aliphatic rings. The lowest BCUT2D eigenvalue weighted by Gasteiger charge is -2.31. The van der Waals surface area contributed by atoms with Gasteiger partial charge in [-0.3, -0.25) is 4.90 Å². The van der Waals surface area contributed by atoms with E-state index in [2.05, 4.69) is 4.90 Å². The molecule has 17 heavy (non-hydrogen) atoms. The molecule has 0 unspecified atom stereocenters. The fourth-order valence-electron chi connectivity index (χ4n) is 2.23. The molecule has 0 bridgehead atoms. The van der Waals surface area contributed by atoms with Crippen molar-refractivity contribution in [3.8, 4) is 0 Å². The number of likely N-dealkylation sites (tertiary alicyclic amines) is 1. The van der Waals surface area contributed by atoms with Crippen LogP contribution in [0.5, 0.6) is 0 Å². The lowest BCUT2D eigenvalue weighted by Crippen LogP contribution is -2.34. The van der Waals surface area contributed by atoms with E-state index in [0.29, 0.717) is 23.0 Å². The van der Waals surface area contributed by atoms with E-state index in [-0.39, 0.29) is 12.4 Å². The Morgan fingerprint density at radius 3 is 2.71 bits per heavy atom. The van der Waals surface area contributed by atoms with Gasteiger partial charge >= 0.3 is 0 Å². The molecule has 2 rings (SSSR count). The van der Waals surface area contributed by atoms with Gasteiger partial charge < -0.3 is 5.11 Å². The molecular formula is C13H17ClFNO. The van der Waals surface area contributed by atoms with E-state index in [1.165, 1.54) is 6.07 Å². The van der Waals surface area contributed by atoms with Crippen LogP contribution in [0.3, 0.4) is 0 Å². The van der Waals surface area contributed by atoms with E-state index >= 15 is 0 Å². The van der Waals surface area contributed by atoms with Crippen molar-refractivity contribution in [2.45, 2.75) is 19.4 Å². The minimum absolute atomic E-state index is 0.196. The smallest absolute Gasteiger partial charge is 0.127 e. The maximum atomic E-state index is 13.5. The Morgan fingerprint density at radius 2 is 2.06 bits per heavy atom. The summed E-state index contributed by atoms with van der Waals surface area (Å²) in [7, 11) is 0. The molecule has 0 amide bonds. The second kappa shape index (κ2) is 5.80. The third-order valence-electron chi connectivity index (χ3n) is 3.37. The van der Waals surface area contributed by atoms with Crippen molar-refractivity contribution < 1.29 is 9.50 Å². The number of nitrogens with zero attached hydrogens (tertiary/aromatic N) is 1. The van der Waals surface area contributed by atoms with E-state index in [4.69, 9.17) is 16.7 Å². The Morgan fingerprint density at radius 1 is 1.35 bits per heavy atom. The summed E-state index contributed by atoms with van der Waals surface area (Å²) in [6.45, 7) is 2.69. The van der Waals surface area contributed by atoms with Crippen LogP contribution in [0, 0.1) is 11.7 Å². The summed E-state index contributed by atoms with van der Waals surface area (Å²) in [6, 6.07) is 4.67. The monoisotopic (exact) mass is 257 g/mol. The molecule has 0 aliphatic carbocycles. The summed E-state index contributed by atoms with van der Waals surface area (Å²) in [5.74, 6) is 0.217. The summed E-state index contributed by atoms with van der Waals surface area (Å²) in [5, 5.41) is 9.63. The van der Waals surface area contributed by atoms with Gasteiger partial charge in [0.05, 0.1) is 0 Å². The predicted molar refractivity (Wildman–Crippen MR) is 66.5 cm³/mol. The molecule has 94 valence electrons. The predicted octanol–water partition coefficient (Wildman–Crippen LogP) is 2.68. The Balaban J connectivity index is 1.95. The van der Waals surface area contributed by atoms with Crippen LogP contribution in [0.25, 0.3) is 0 Å². The highest BCUT2D eigenvalue weighted by atomic mass is 35.5. The first-order valence-corrected chi connectivity index (χ1v) is 6.34. The Bertz CT molecular complexity index is 378. The number of hydrogen-bond donors (Lipinski definition) is 1. The number of benzene rings is 1. The van der Waals surface area contributed by atoms with E-state index in [1.807, 2.05) is 0 Å². The average Bonchev–Trinajstić information content (AvgIpc) is 2.35. The Kier molecular flexibility index (Phi) is 4.37. The zero-order valence-electron chi connectivity index (χ0n) is 9.70. The zero-order chi connectivity index (χ0) is 12.3. The molecule has 1 fully saturated rings. The summed E-state index contributed by atoms with van der Waals surface area (Å²) in [4.78, 5) is 2.21. The zero-order valence-corrected chi connectivity index (χ0v) is 10.5. The molecule has 2 nitrogen and oxygen atoms in total. The number of aliphatic hydroxyl groups is 1. The quantitative estimate of drug-likeness (QED) is 0.900. The molecule has 1 heterocycles.